The normalized spacial score (nSPS) is 10.3. The van der Waals surface area contributed by atoms with Crippen LogP contribution in [0.5, 0.6) is 0 Å². The van der Waals surface area contributed by atoms with Crippen LogP contribution in [0.4, 0.5) is 4.79 Å². The Bertz CT molecular complexity index is 321. The van der Waals surface area contributed by atoms with Gasteiger partial charge in [0.25, 0.3) is 0 Å². The van der Waals surface area contributed by atoms with E-state index in [4.69, 9.17) is 16.0 Å². The third kappa shape index (κ3) is 8.42. The van der Waals surface area contributed by atoms with Crippen LogP contribution in [0.1, 0.15) is 33.6 Å². The van der Waals surface area contributed by atoms with Gasteiger partial charge in [-0.25, -0.2) is 4.79 Å². The van der Waals surface area contributed by atoms with E-state index in [-0.39, 0.29) is 12.5 Å². The summed E-state index contributed by atoms with van der Waals surface area (Å²) < 4.78 is 5.03. The van der Waals surface area contributed by atoms with Crippen molar-refractivity contribution in [3.8, 4) is 12.3 Å². The van der Waals surface area contributed by atoms with Crippen molar-refractivity contribution < 1.29 is 19.2 Å². The van der Waals surface area contributed by atoms with Crippen LogP contribution < -0.4 is 10.8 Å². The lowest BCUT2D eigenvalue weighted by Crippen LogP contribution is -2.37. The number of hydrogen-bond acceptors (Lipinski definition) is 4. The van der Waals surface area contributed by atoms with E-state index in [9.17, 15) is 9.59 Å². The quantitative estimate of drug-likeness (QED) is 0.404. The Morgan fingerprint density at radius 3 is 2.61 bits per heavy atom. The van der Waals surface area contributed by atoms with E-state index in [1.807, 2.05) is 12.4 Å². The van der Waals surface area contributed by atoms with Crippen molar-refractivity contribution in [2.75, 3.05) is 13.2 Å². The third-order valence-electron chi connectivity index (χ3n) is 2.17. The lowest BCUT2D eigenvalue weighted by Gasteiger charge is -2.22. The van der Waals surface area contributed by atoms with Crippen LogP contribution in [0.25, 0.3) is 0 Å². The smallest absolute Gasteiger partial charge is 0.431 e. The van der Waals surface area contributed by atoms with Crippen molar-refractivity contribution in [1.29, 1.82) is 0 Å². The maximum atomic E-state index is 11.2. The van der Waals surface area contributed by atoms with Gasteiger partial charge in [0.15, 0.2) is 6.61 Å². The highest BCUT2D eigenvalue weighted by Crippen LogP contribution is 2.13. The van der Waals surface area contributed by atoms with Crippen LogP contribution in [-0.4, -0.2) is 30.8 Å². The maximum absolute atomic E-state index is 11.2. The molecule has 2 amide bonds. The van der Waals surface area contributed by atoms with Crippen molar-refractivity contribution in [2.24, 2.45) is 0 Å². The summed E-state index contributed by atoms with van der Waals surface area (Å²) in [5.74, 6) is 2.02. The molecule has 0 aromatic heterocycles. The number of carbonyl (C=O) groups is 2. The lowest BCUT2D eigenvalue weighted by molar-refractivity contribution is -0.128. The number of nitrogens with one attached hydrogen (secondary N) is 2. The van der Waals surface area contributed by atoms with Gasteiger partial charge in [0, 0.05) is 13.0 Å². The Labute approximate surface area is 107 Å². The van der Waals surface area contributed by atoms with Gasteiger partial charge in [-0.2, -0.15) is 5.48 Å². The standard InChI is InChI=1S/C12H20N2O4/c1-5-7-8-13-10(15)9-17-14-11(16)18-12(3,4)6-2/h1H,6-9H2,2-4H3,(H,13,15)(H,14,16). The second-order valence-corrected chi connectivity index (χ2v) is 4.20. The minimum Gasteiger partial charge on any atom is -0.442 e. The van der Waals surface area contributed by atoms with Gasteiger partial charge in [0.1, 0.15) is 5.60 Å². The van der Waals surface area contributed by atoms with E-state index in [1.54, 1.807) is 13.8 Å². The summed E-state index contributed by atoms with van der Waals surface area (Å²) in [5, 5.41) is 2.52. The van der Waals surface area contributed by atoms with Crippen LogP contribution in [0.15, 0.2) is 0 Å². The zero-order valence-electron chi connectivity index (χ0n) is 11.0. The summed E-state index contributed by atoms with van der Waals surface area (Å²) in [6.07, 6.45) is 5.42. The van der Waals surface area contributed by atoms with E-state index < -0.39 is 11.7 Å². The summed E-state index contributed by atoms with van der Waals surface area (Å²) in [5.41, 5.74) is 1.47. The predicted octanol–water partition coefficient (Wildman–Crippen LogP) is 0.972. The first kappa shape index (κ1) is 16.3. The molecule has 0 aliphatic rings. The van der Waals surface area contributed by atoms with Crippen molar-refractivity contribution in [1.82, 2.24) is 10.8 Å². The SMILES string of the molecule is C#CCCNC(=O)CONC(=O)OC(C)(C)CC. The highest BCUT2D eigenvalue weighted by Gasteiger charge is 2.20. The van der Waals surface area contributed by atoms with E-state index in [0.29, 0.717) is 19.4 Å². The second kappa shape index (κ2) is 8.37. The first-order valence-electron chi connectivity index (χ1n) is 5.72. The van der Waals surface area contributed by atoms with Gasteiger partial charge >= 0.3 is 6.09 Å². The molecule has 0 fully saturated rings. The molecule has 0 bridgehead atoms. The largest absolute Gasteiger partial charge is 0.442 e. The van der Waals surface area contributed by atoms with E-state index in [2.05, 4.69) is 11.2 Å². The van der Waals surface area contributed by atoms with Crippen molar-refractivity contribution in [3.63, 3.8) is 0 Å². The number of ether oxygens (including phenoxy) is 1. The fourth-order valence-corrected chi connectivity index (χ4v) is 0.830. The zero-order chi connectivity index (χ0) is 14.0. The van der Waals surface area contributed by atoms with Crippen LogP contribution >= 0.6 is 0 Å². The molecule has 0 spiro atoms. The molecule has 18 heavy (non-hydrogen) atoms. The molecule has 0 aromatic carbocycles. The molecule has 0 atom stereocenters. The molecule has 0 aliphatic heterocycles. The monoisotopic (exact) mass is 256 g/mol. The molecule has 102 valence electrons. The van der Waals surface area contributed by atoms with Gasteiger partial charge in [-0.1, -0.05) is 6.92 Å². The van der Waals surface area contributed by atoms with Gasteiger partial charge in [-0.15, -0.1) is 12.3 Å². The Balaban J connectivity index is 3.69. The van der Waals surface area contributed by atoms with Crippen LogP contribution in [0.3, 0.4) is 0 Å². The number of hydroxylamine groups is 1. The van der Waals surface area contributed by atoms with E-state index in [0.717, 1.165) is 0 Å². The van der Waals surface area contributed by atoms with Crippen molar-refractivity contribution in [3.05, 3.63) is 0 Å². The summed E-state index contributed by atoms with van der Waals surface area (Å²) in [4.78, 5) is 27.1. The summed E-state index contributed by atoms with van der Waals surface area (Å²) in [6, 6.07) is 0. The zero-order valence-corrected chi connectivity index (χ0v) is 11.0. The molecular weight excluding hydrogens is 236 g/mol. The van der Waals surface area contributed by atoms with Gasteiger partial charge in [-0.3, -0.25) is 9.63 Å². The molecule has 0 rings (SSSR count). The summed E-state index contributed by atoms with van der Waals surface area (Å²) in [6.45, 7) is 5.55. The number of amides is 2. The second-order valence-electron chi connectivity index (χ2n) is 4.20. The first-order chi connectivity index (χ1) is 8.41. The number of rotatable bonds is 7. The fraction of sp³-hybridized carbons (Fsp3) is 0.667. The molecule has 0 saturated carbocycles. The predicted molar refractivity (Wildman–Crippen MR) is 66.4 cm³/mol. The first-order valence-corrected chi connectivity index (χ1v) is 5.72. The molecule has 6 heteroatoms. The Hall–Kier alpha value is -1.74. The number of terminal acetylenes is 1. The average molecular weight is 256 g/mol. The van der Waals surface area contributed by atoms with Crippen LogP contribution in [0, 0.1) is 12.3 Å². The average Bonchev–Trinajstić information content (AvgIpc) is 2.28. The molecule has 0 radical (unpaired) electrons. The van der Waals surface area contributed by atoms with E-state index >= 15 is 0 Å². The molecule has 0 aliphatic carbocycles. The third-order valence-corrected chi connectivity index (χ3v) is 2.17. The lowest BCUT2D eigenvalue weighted by atomic mass is 10.1. The minimum absolute atomic E-state index is 0.285. The van der Waals surface area contributed by atoms with Crippen LogP contribution in [0.2, 0.25) is 0 Å². The molecule has 6 nitrogen and oxygen atoms in total. The molecule has 0 heterocycles. The molecule has 0 aromatic rings. The van der Waals surface area contributed by atoms with Crippen LogP contribution in [-0.2, 0) is 14.4 Å². The van der Waals surface area contributed by atoms with Crippen molar-refractivity contribution >= 4 is 12.0 Å². The Morgan fingerprint density at radius 2 is 2.06 bits per heavy atom. The van der Waals surface area contributed by atoms with Gasteiger partial charge in [0.2, 0.25) is 5.91 Å². The Kier molecular flexibility index (Phi) is 7.56. The Morgan fingerprint density at radius 1 is 1.39 bits per heavy atom. The molecule has 2 N–H and O–H groups in total. The van der Waals surface area contributed by atoms with Gasteiger partial charge in [0.05, 0.1) is 0 Å². The number of hydrogen-bond donors (Lipinski definition) is 2. The molecular formula is C12H20N2O4. The topological polar surface area (TPSA) is 76.7 Å². The number of carbonyl (C=O) groups excluding carboxylic acids is 2. The highest BCUT2D eigenvalue weighted by molar-refractivity contribution is 5.77. The maximum Gasteiger partial charge on any atom is 0.431 e. The fourth-order valence-electron chi connectivity index (χ4n) is 0.830. The van der Waals surface area contributed by atoms with Gasteiger partial charge < -0.3 is 10.1 Å². The summed E-state index contributed by atoms with van der Waals surface area (Å²) >= 11 is 0. The highest BCUT2D eigenvalue weighted by atomic mass is 16.7. The van der Waals surface area contributed by atoms with Crippen molar-refractivity contribution in [2.45, 2.75) is 39.2 Å². The van der Waals surface area contributed by atoms with Gasteiger partial charge in [-0.05, 0) is 20.3 Å². The minimum atomic E-state index is -0.724. The molecule has 0 unspecified atom stereocenters. The van der Waals surface area contributed by atoms with E-state index in [1.165, 1.54) is 0 Å². The summed E-state index contributed by atoms with van der Waals surface area (Å²) in [7, 11) is 0. The molecule has 0 saturated heterocycles.